The smallest absolute Gasteiger partial charge is 0.323 e. The zero-order valence-corrected chi connectivity index (χ0v) is 15.5. The van der Waals surface area contributed by atoms with E-state index in [0.29, 0.717) is 12.7 Å². The Morgan fingerprint density at radius 2 is 1.58 bits per heavy atom. The number of imide groups is 1. The lowest BCUT2D eigenvalue weighted by Crippen LogP contribution is -2.59. The molecule has 2 saturated carbocycles. The second kappa shape index (κ2) is 7.03. The lowest BCUT2D eigenvalue weighted by Gasteiger charge is -2.42. The quantitative estimate of drug-likeness (QED) is 0.636. The molecule has 0 radical (unpaired) electrons. The second-order valence-corrected chi connectivity index (χ2v) is 8.31. The molecule has 2 atom stereocenters. The fourth-order valence-corrected chi connectivity index (χ4v) is 5.12. The van der Waals surface area contributed by atoms with Gasteiger partial charge < -0.3 is 5.32 Å². The van der Waals surface area contributed by atoms with E-state index in [1.807, 2.05) is 0 Å². The van der Waals surface area contributed by atoms with Crippen LogP contribution in [0.5, 0.6) is 0 Å². The van der Waals surface area contributed by atoms with Crippen LogP contribution in [-0.2, 0) is 4.79 Å². The van der Waals surface area contributed by atoms with E-state index < -0.39 is 5.54 Å². The molecule has 136 valence electrons. The molecule has 0 aromatic heterocycles. The SMILES string of the molecule is CC1CCCC(C)C12NC(=O)N(CN(C)C1CCCCCC1)C2=O. The number of amides is 3. The summed E-state index contributed by atoms with van der Waals surface area (Å²) in [6, 6.07) is 0.298. The molecule has 0 aromatic rings. The number of nitrogens with zero attached hydrogens (tertiary/aromatic N) is 2. The lowest BCUT2D eigenvalue weighted by molar-refractivity contribution is -0.138. The summed E-state index contributed by atoms with van der Waals surface area (Å²) < 4.78 is 0. The minimum Gasteiger partial charge on any atom is -0.323 e. The van der Waals surface area contributed by atoms with Gasteiger partial charge in [0.2, 0.25) is 0 Å². The van der Waals surface area contributed by atoms with Crippen LogP contribution in [0.4, 0.5) is 4.79 Å². The van der Waals surface area contributed by atoms with Gasteiger partial charge in [-0.1, -0.05) is 46.0 Å². The Hall–Kier alpha value is -1.10. The maximum atomic E-state index is 13.2. The summed E-state index contributed by atoms with van der Waals surface area (Å²) in [5, 5.41) is 3.10. The van der Waals surface area contributed by atoms with Crippen LogP contribution in [0.25, 0.3) is 0 Å². The molecule has 5 nitrogen and oxygen atoms in total. The minimum atomic E-state index is -0.667. The molecule has 0 bridgehead atoms. The van der Waals surface area contributed by atoms with Crippen molar-refractivity contribution in [2.45, 2.75) is 83.2 Å². The van der Waals surface area contributed by atoms with Crippen LogP contribution in [-0.4, -0.2) is 47.0 Å². The third-order valence-corrected chi connectivity index (χ3v) is 6.80. The largest absolute Gasteiger partial charge is 0.326 e. The van der Waals surface area contributed by atoms with Crippen LogP contribution in [0.1, 0.15) is 71.6 Å². The van der Waals surface area contributed by atoms with Gasteiger partial charge in [-0.3, -0.25) is 9.69 Å². The van der Waals surface area contributed by atoms with E-state index in [1.54, 1.807) is 0 Å². The number of carbonyl (C=O) groups is 2. The van der Waals surface area contributed by atoms with Crippen LogP contribution in [0.3, 0.4) is 0 Å². The molecule has 2 unspecified atom stereocenters. The van der Waals surface area contributed by atoms with E-state index >= 15 is 0 Å². The van der Waals surface area contributed by atoms with Crippen molar-refractivity contribution < 1.29 is 9.59 Å². The standard InChI is InChI=1S/C19H33N3O2/c1-14-9-8-10-15(2)19(14)17(23)22(18(24)20-19)13-21(3)16-11-6-4-5-7-12-16/h14-16H,4-13H2,1-3H3,(H,20,24). The van der Waals surface area contributed by atoms with E-state index in [0.717, 1.165) is 19.3 Å². The van der Waals surface area contributed by atoms with Crippen molar-refractivity contribution in [2.75, 3.05) is 13.7 Å². The van der Waals surface area contributed by atoms with Crippen LogP contribution >= 0.6 is 0 Å². The monoisotopic (exact) mass is 335 g/mol. The summed E-state index contributed by atoms with van der Waals surface area (Å²) in [7, 11) is 2.06. The molecule has 3 amide bonds. The highest BCUT2D eigenvalue weighted by Gasteiger charge is 2.58. The van der Waals surface area contributed by atoms with Crippen molar-refractivity contribution in [3.8, 4) is 0 Å². The van der Waals surface area contributed by atoms with Gasteiger partial charge >= 0.3 is 6.03 Å². The van der Waals surface area contributed by atoms with Gasteiger partial charge in [0.25, 0.3) is 5.91 Å². The number of nitrogens with one attached hydrogen (secondary N) is 1. The van der Waals surface area contributed by atoms with E-state index in [2.05, 4.69) is 31.1 Å². The molecule has 1 heterocycles. The van der Waals surface area contributed by atoms with Gasteiger partial charge in [0.05, 0.1) is 6.67 Å². The molecule has 24 heavy (non-hydrogen) atoms. The Morgan fingerprint density at radius 1 is 1.00 bits per heavy atom. The van der Waals surface area contributed by atoms with Crippen molar-refractivity contribution in [1.82, 2.24) is 15.1 Å². The van der Waals surface area contributed by atoms with Gasteiger partial charge in [-0.25, -0.2) is 9.69 Å². The Bertz CT molecular complexity index is 475. The number of urea groups is 1. The highest BCUT2D eigenvalue weighted by Crippen LogP contribution is 2.42. The van der Waals surface area contributed by atoms with Crippen molar-refractivity contribution in [3.63, 3.8) is 0 Å². The van der Waals surface area contributed by atoms with Crippen LogP contribution in [0.15, 0.2) is 0 Å². The molecule has 3 rings (SSSR count). The van der Waals surface area contributed by atoms with Crippen LogP contribution in [0, 0.1) is 11.8 Å². The third kappa shape index (κ3) is 2.96. The molecule has 1 saturated heterocycles. The first-order valence-electron chi connectivity index (χ1n) is 9.81. The topological polar surface area (TPSA) is 52.7 Å². The average Bonchev–Trinajstić information content (AvgIpc) is 2.76. The van der Waals surface area contributed by atoms with Gasteiger partial charge in [-0.15, -0.1) is 0 Å². The summed E-state index contributed by atoms with van der Waals surface area (Å²) in [5.41, 5.74) is -0.667. The molecule has 0 aromatic carbocycles. The second-order valence-electron chi connectivity index (χ2n) is 8.31. The summed E-state index contributed by atoms with van der Waals surface area (Å²) >= 11 is 0. The van der Waals surface area contributed by atoms with Gasteiger partial charge in [0.1, 0.15) is 5.54 Å². The predicted octanol–water partition coefficient (Wildman–Crippen LogP) is 3.35. The highest BCUT2D eigenvalue weighted by atomic mass is 16.2. The van der Waals surface area contributed by atoms with Gasteiger partial charge in [0.15, 0.2) is 0 Å². The fraction of sp³-hybridized carbons (Fsp3) is 0.895. The molecule has 3 aliphatic rings. The van der Waals surface area contributed by atoms with Crippen molar-refractivity contribution >= 4 is 11.9 Å². The Labute approximate surface area is 146 Å². The van der Waals surface area contributed by atoms with Crippen molar-refractivity contribution in [2.24, 2.45) is 11.8 Å². The van der Waals surface area contributed by atoms with E-state index in [-0.39, 0.29) is 23.8 Å². The first-order chi connectivity index (χ1) is 11.5. The maximum Gasteiger partial charge on any atom is 0.326 e. The number of hydrogen-bond donors (Lipinski definition) is 1. The molecule has 1 spiro atoms. The molecule has 1 aliphatic heterocycles. The molecule has 1 N–H and O–H groups in total. The van der Waals surface area contributed by atoms with Crippen LogP contribution < -0.4 is 5.32 Å². The first-order valence-corrected chi connectivity index (χ1v) is 9.81. The molecular weight excluding hydrogens is 302 g/mol. The van der Waals surface area contributed by atoms with E-state index in [4.69, 9.17) is 0 Å². The number of hydrogen-bond acceptors (Lipinski definition) is 3. The van der Waals surface area contributed by atoms with Crippen LogP contribution in [0.2, 0.25) is 0 Å². The average molecular weight is 335 g/mol. The summed E-state index contributed by atoms with van der Waals surface area (Å²) in [6.45, 7) is 4.66. The summed E-state index contributed by atoms with van der Waals surface area (Å²) in [6.07, 6.45) is 10.7. The molecule has 5 heteroatoms. The molecule has 3 fully saturated rings. The van der Waals surface area contributed by atoms with Gasteiger partial charge in [0, 0.05) is 6.04 Å². The minimum absolute atomic E-state index is 0.00710. The number of carbonyl (C=O) groups excluding carboxylic acids is 2. The van der Waals surface area contributed by atoms with Gasteiger partial charge in [-0.2, -0.15) is 0 Å². The summed E-state index contributed by atoms with van der Waals surface area (Å²) in [5.74, 6) is 0.435. The van der Waals surface area contributed by atoms with Crippen molar-refractivity contribution in [3.05, 3.63) is 0 Å². The van der Waals surface area contributed by atoms with Gasteiger partial charge in [-0.05, 0) is 44.6 Å². The Morgan fingerprint density at radius 3 is 2.17 bits per heavy atom. The third-order valence-electron chi connectivity index (χ3n) is 6.80. The highest BCUT2D eigenvalue weighted by molar-refractivity contribution is 6.07. The van der Waals surface area contributed by atoms with E-state index in [1.165, 1.54) is 43.4 Å². The molecule has 2 aliphatic carbocycles. The molecular formula is C19H33N3O2. The predicted molar refractivity (Wildman–Crippen MR) is 94.4 cm³/mol. The fourth-order valence-electron chi connectivity index (χ4n) is 5.12. The first kappa shape index (κ1) is 17.7. The van der Waals surface area contributed by atoms with Crippen molar-refractivity contribution in [1.29, 1.82) is 0 Å². The maximum absolute atomic E-state index is 13.2. The number of rotatable bonds is 3. The Balaban J connectivity index is 1.72. The normalized spacial score (nSPS) is 35.6. The van der Waals surface area contributed by atoms with E-state index in [9.17, 15) is 9.59 Å². The zero-order chi connectivity index (χ0) is 17.3. The Kier molecular flexibility index (Phi) is 5.19. The summed E-state index contributed by atoms with van der Waals surface area (Å²) in [4.78, 5) is 29.5. The lowest BCUT2D eigenvalue weighted by atomic mass is 9.67. The zero-order valence-electron chi connectivity index (χ0n) is 15.5.